The zero-order chi connectivity index (χ0) is 64.7. The number of likely N-dealkylation sites (N-methyl/N-ethyl adjacent to an activating group) is 1. The fourth-order valence-electron chi connectivity index (χ4n) is 10.1. The van der Waals surface area contributed by atoms with Crippen LogP contribution in [0.5, 0.6) is 0 Å². The topological polar surface area (TPSA) is 108 Å². The number of ether oxygens (including phenoxy) is 4. The van der Waals surface area contributed by atoms with Crippen molar-refractivity contribution in [1.82, 2.24) is 0 Å². The Balaban J connectivity index is 4.13. The van der Waals surface area contributed by atoms with E-state index < -0.39 is 24.3 Å². The predicted octanol–water partition coefficient (Wildman–Crippen LogP) is 23.1. The molecule has 0 spiro atoms. The van der Waals surface area contributed by atoms with E-state index >= 15 is 0 Å². The van der Waals surface area contributed by atoms with Crippen LogP contribution in [0.3, 0.4) is 0 Å². The van der Waals surface area contributed by atoms with Crippen molar-refractivity contribution in [3.05, 3.63) is 122 Å². The quantitative estimate of drug-likeness (QED) is 0.0211. The number of esters is 2. The van der Waals surface area contributed by atoms with Gasteiger partial charge < -0.3 is 28.5 Å². The summed E-state index contributed by atoms with van der Waals surface area (Å²) in [5, 5.41) is 9.75. The van der Waals surface area contributed by atoms with Crippen molar-refractivity contribution >= 4 is 17.9 Å². The molecule has 0 bridgehead atoms. The molecule has 0 aliphatic carbocycles. The van der Waals surface area contributed by atoms with E-state index in [1.165, 1.54) is 173 Å². The van der Waals surface area contributed by atoms with Gasteiger partial charge in [0.2, 0.25) is 0 Å². The summed E-state index contributed by atoms with van der Waals surface area (Å²) in [5.74, 6) is -2.04. The molecule has 0 radical (unpaired) electrons. The summed E-state index contributed by atoms with van der Waals surface area (Å²) in [5.41, 5.74) is 0. The molecule has 0 aliphatic rings. The first-order chi connectivity index (χ1) is 43.6. The van der Waals surface area contributed by atoms with Gasteiger partial charge in [0, 0.05) is 12.8 Å². The smallest absolute Gasteiger partial charge is 0.361 e. The van der Waals surface area contributed by atoms with Crippen molar-refractivity contribution in [2.75, 3.05) is 47.5 Å². The first-order valence-electron chi connectivity index (χ1n) is 36.7. The van der Waals surface area contributed by atoms with Crippen LogP contribution in [0.15, 0.2) is 122 Å². The lowest BCUT2D eigenvalue weighted by Crippen LogP contribution is -2.40. The molecule has 0 rings (SSSR count). The second-order valence-corrected chi connectivity index (χ2v) is 25.5. The third-order valence-electron chi connectivity index (χ3n) is 15.7. The number of rotatable bonds is 67. The van der Waals surface area contributed by atoms with Gasteiger partial charge in [0.1, 0.15) is 13.2 Å². The van der Waals surface area contributed by atoms with Crippen LogP contribution in [-0.4, -0.2) is 87.4 Å². The van der Waals surface area contributed by atoms with Crippen molar-refractivity contribution in [3.8, 4) is 0 Å². The van der Waals surface area contributed by atoms with Gasteiger partial charge in [0.05, 0.1) is 34.4 Å². The minimum absolute atomic E-state index is 0.177. The number of hydrogen-bond acceptors (Lipinski definition) is 7. The highest BCUT2D eigenvalue weighted by Crippen LogP contribution is 2.18. The molecule has 2 unspecified atom stereocenters. The fourth-order valence-corrected chi connectivity index (χ4v) is 10.1. The monoisotopic (exact) mass is 1240 g/mol. The minimum Gasteiger partial charge on any atom is -0.477 e. The predicted molar refractivity (Wildman–Crippen MR) is 382 cm³/mol. The second-order valence-electron chi connectivity index (χ2n) is 25.5. The number of aliphatic carboxylic acids is 1. The number of unbranched alkanes of at least 4 members (excludes halogenated alkanes) is 32. The van der Waals surface area contributed by atoms with Gasteiger partial charge in [0.25, 0.3) is 6.29 Å². The van der Waals surface area contributed by atoms with Gasteiger partial charge in [-0.05, 0) is 109 Å². The van der Waals surface area contributed by atoms with E-state index in [0.717, 1.165) is 103 Å². The Morgan fingerprint density at radius 3 is 0.955 bits per heavy atom. The third-order valence-corrected chi connectivity index (χ3v) is 15.7. The average Bonchev–Trinajstić information content (AvgIpc) is 3.71. The van der Waals surface area contributed by atoms with Gasteiger partial charge in [-0.2, -0.15) is 0 Å². The Kier molecular flexibility index (Phi) is 66.2. The van der Waals surface area contributed by atoms with Crippen LogP contribution in [0.4, 0.5) is 0 Å². The second kappa shape index (κ2) is 69.6. The van der Waals surface area contributed by atoms with Gasteiger partial charge >= 0.3 is 17.9 Å². The van der Waals surface area contributed by atoms with Gasteiger partial charge in [0.15, 0.2) is 6.10 Å². The highest BCUT2D eigenvalue weighted by molar-refractivity contribution is 5.71. The normalized spacial score (nSPS) is 13.4. The molecule has 0 aromatic heterocycles. The summed E-state index contributed by atoms with van der Waals surface area (Å²) in [6.07, 6.45) is 96.1. The maximum atomic E-state index is 12.9. The third kappa shape index (κ3) is 71.0. The van der Waals surface area contributed by atoms with Crippen LogP contribution < -0.4 is 0 Å². The molecule has 0 amide bonds. The summed E-state index contributed by atoms with van der Waals surface area (Å²) in [6.45, 7) is 4.74. The molecule has 0 saturated carbocycles. The largest absolute Gasteiger partial charge is 0.477 e. The zero-order valence-corrected chi connectivity index (χ0v) is 58.3. The first kappa shape index (κ1) is 84.7. The molecule has 0 aromatic carbocycles. The standard InChI is InChI=1S/C80H137NO8/c1-6-8-10-12-14-16-18-20-22-24-26-28-30-32-34-36-37-38-39-40-41-43-44-46-48-50-52-54-56-58-60-62-64-66-68-70-77(82)87-74-76(75-88-80(79(84)85)86-73-72-81(3,4)5)89-78(83)71-69-67-65-63-61-59-57-55-53-51-49-47-45-42-35-33-31-29-27-25-23-21-19-17-15-13-11-9-7-2/h9,11,15,17-18,20-21,23-24,26-27,29,33,35,45,47,51,53,57,59,76,80H,6-8,10,12-14,16,19,22,25,28,30-32,34,36-44,46,48-50,52,54-56,58,60-75H2,1-5H3/p+1/b11-9-,17-15-,20-18-,23-21-,26-24-,29-27-,35-33-,47-45-,53-51-,59-57-. The van der Waals surface area contributed by atoms with E-state index in [2.05, 4.69) is 135 Å². The van der Waals surface area contributed by atoms with Crippen LogP contribution in [0.2, 0.25) is 0 Å². The van der Waals surface area contributed by atoms with Crippen molar-refractivity contribution in [2.24, 2.45) is 0 Å². The Hall–Kier alpha value is -4.31. The molecule has 9 nitrogen and oxygen atoms in total. The molecular weight excluding hydrogens is 1100 g/mol. The van der Waals surface area contributed by atoms with Crippen LogP contribution in [0.1, 0.15) is 309 Å². The number of nitrogens with zero attached hydrogens (tertiary/aromatic N) is 1. The molecule has 1 N–H and O–H groups in total. The number of quaternary nitrogens is 1. The van der Waals surface area contributed by atoms with Crippen LogP contribution in [-0.2, 0) is 33.3 Å². The molecule has 0 heterocycles. The molecule has 0 aromatic rings. The molecule has 0 fully saturated rings. The summed E-state index contributed by atoms with van der Waals surface area (Å²) in [4.78, 5) is 37.6. The highest BCUT2D eigenvalue weighted by atomic mass is 16.7. The number of carboxylic acids is 1. The molecule has 0 saturated heterocycles. The summed E-state index contributed by atoms with van der Waals surface area (Å²) < 4.78 is 23.0. The summed E-state index contributed by atoms with van der Waals surface area (Å²) in [6, 6.07) is 0. The highest BCUT2D eigenvalue weighted by Gasteiger charge is 2.25. The van der Waals surface area contributed by atoms with E-state index in [0.29, 0.717) is 23.9 Å². The lowest BCUT2D eigenvalue weighted by atomic mass is 10.0. The van der Waals surface area contributed by atoms with Crippen LogP contribution in [0.25, 0.3) is 0 Å². The molecule has 0 aliphatic heterocycles. The molecular formula is C80H138NO8+. The molecule has 9 heteroatoms. The molecule has 510 valence electrons. The summed E-state index contributed by atoms with van der Waals surface area (Å²) in [7, 11) is 5.97. The SMILES string of the molecule is CC/C=C\C/C=C\C/C=C\C/C=C\C/C=C\C/C=C\C/C=C\C/C=C\CCCCCCC(=O)OC(COC(=O)CCCCCCCCCCCCCCCCCCCCCCCCC/C=C\C/C=C\CCCCCCC)COC(OCC[N+](C)(C)C)C(=O)O. The lowest BCUT2D eigenvalue weighted by Gasteiger charge is -2.25. The zero-order valence-electron chi connectivity index (χ0n) is 58.3. The maximum absolute atomic E-state index is 12.9. The van der Waals surface area contributed by atoms with Gasteiger partial charge in [-0.1, -0.05) is 309 Å². The average molecular weight is 1240 g/mol. The first-order valence-corrected chi connectivity index (χ1v) is 36.7. The Morgan fingerprint density at radius 1 is 0.348 bits per heavy atom. The molecule has 89 heavy (non-hydrogen) atoms. The summed E-state index contributed by atoms with van der Waals surface area (Å²) >= 11 is 0. The lowest BCUT2D eigenvalue weighted by molar-refractivity contribution is -0.870. The molecule has 2 atom stereocenters. The van der Waals surface area contributed by atoms with Crippen molar-refractivity contribution in [2.45, 2.75) is 322 Å². The fraction of sp³-hybridized carbons (Fsp3) is 0.713. The van der Waals surface area contributed by atoms with E-state index in [4.69, 9.17) is 18.9 Å². The van der Waals surface area contributed by atoms with E-state index in [1.807, 2.05) is 21.1 Å². The van der Waals surface area contributed by atoms with Crippen molar-refractivity contribution in [1.29, 1.82) is 0 Å². The Morgan fingerprint density at radius 2 is 0.640 bits per heavy atom. The van der Waals surface area contributed by atoms with E-state index in [1.54, 1.807) is 0 Å². The number of allylic oxidation sites excluding steroid dienone is 20. The Labute approximate surface area is 548 Å². The Bertz CT molecular complexity index is 1880. The van der Waals surface area contributed by atoms with E-state index in [-0.39, 0.29) is 32.2 Å². The van der Waals surface area contributed by atoms with Gasteiger partial charge in [-0.25, -0.2) is 4.79 Å². The number of carbonyl (C=O) groups excluding carboxylic acids is 2. The maximum Gasteiger partial charge on any atom is 0.361 e. The van der Waals surface area contributed by atoms with Gasteiger partial charge in [-0.3, -0.25) is 9.59 Å². The van der Waals surface area contributed by atoms with Gasteiger partial charge in [-0.15, -0.1) is 0 Å². The number of hydrogen-bond donors (Lipinski definition) is 1. The number of carbonyl (C=O) groups is 3. The van der Waals surface area contributed by atoms with Crippen LogP contribution >= 0.6 is 0 Å². The number of carboxylic acid groups (broad SMARTS) is 1. The van der Waals surface area contributed by atoms with E-state index in [9.17, 15) is 19.5 Å². The minimum atomic E-state index is -1.53. The van der Waals surface area contributed by atoms with Crippen molar-refractivity contribution < 1.29 is 42.9 Å². The van der Waals surface area contributed by atoms with Crippen LogP contribution in [0, 0.1) is 0 Å². The van der Waals surface area contributed by atoms with Crippen molar-refractivity contribution in [3.63, 3.8) is 0 Å².